The summed E-state index contributed by atoms with van der Waals surface area (Å²) in [5.41, 5.74) is 0.223. The second kappa shape index (κ2) is 7.86. The Morgan fingerprint density at radius 1 is 1.40 bits per heavy atom. The van der Waals surface area contributed by atoms with E-state index < -0.39 is 5.97 Å². The molecule has 0 saturated carbocycles. The number of allylic oxidation sites excluding steroid dienone is 1. The molecule has 0 aromatic heterocycles. The molecule has 0 spiro atoms. The van der Waals surface area contributed by atoms with Crippen molar-refractivity contribution in [1.82, 2.24) is 0 Å². The van der Waals surface area contributed by atoms with E-state index in [1.165, 1.54) is 0 Å². The molecule has 0 amide bonds. The Balaban J connectivity index is 4.60. The van der Waals surface area contributed by atoms with Gasteiger partial charge in [0.1, 0.15) is 0 Å². The van der Waals surface area contributed by atoms with Crippen LogP contribution in [0, 0.1) is 11.3 Å². The number of nitrogens with zero attached hydrogens (tertiary/aromatic N) is 1. The Kier molecular flexibility index (Phi) is 7.08. The molecule has 0 aliphatic rings. The number of hydrogen-bond acceptors (Lipinski definition) is 3. The summed E-state index contributed by atoms with van der Waals surface area (Å²) in [6, 6.07) is 1.89. The third kappa shape index (κ3) is 5.06. The molecule has 1 N–H and O–H groups in total. The molecule has 4 heteroatoms. The molecule has 84 valence electrons. The minimum atomic E-state index is -1.16. The second-order valence-corrected chi connectivity index (χ2v) is 3.18. The zero-order valence-electron chi connectivity index (χ0n) is 9.25. The van der Waals surface area contributed by atoms with Crippen LogP contribution in [0.2, 0.25) is 0 Å². The van der Waals surface area contributed by atoms with Crippen LogP contribution in [-0.4, -0.2) is 17.7 Å². The lowest BCUT2D eigenvalue weighted by Gasteiger charge is -2.07. The van der Waals surface area contributed by atoms with Crippen molar-refractivity contribution in [3.8, 4) is 6.07 Å². The molecular formula is C11H17NO3. The van der Waals surface area contributed by atoms with Crippen molar-refractivity contribution in [1.29, 1.82) is 5.26 Å². The van der Waals surface area contributed by atoms with Crippen LogP contribution in [0.5, 0.6) is 0 Å². The van der Waals surface area contributed by atoms with Crippen LogP contribution in [0.3, 0.4) is 0 Å². The number of carboxylic acid groups (broad SMARTS) is 1. The van der Waals surface area contributed by atoms with E-state index in [0.29, 0.717) is 13.0 Å². The van der Waals surface area contributed by atoms with Gasteiger partial charge in [-0.3, -0.25) is 0 Å². The van der Waals surface area contributed by atoms with E-state index in [0.717, 1.165) is 19.3 Å². The summed E-state index contributed by atoms with van der Waals surface area (Å²) in [5, 5.41) is 17.6. The van der Waals surface area contributed by atoms with Gasteiger partial charge in [-0.1, -0.05) is 26.7 Å². The fourth-order valence-corrected chi connectivity index (χ4v) is 1.07. The fourth-order valence-electron chi connectivity index (χ4n) is 1.07. The van der Waals surface area contributed by atoms with Gasteiger partial charge in [0.05, 0.1) is 18.2 Å². The van der Waals surface area contributed by atoms with Gasteiger partial charge in [0.15, 0.2) is 0 Å². The molecule has 0 fully saturated rings. The quantitative estimate of drug-likeness (QED) is 0.304. The van der Waals surface area contributed by atoms with Gasteiger partial charge in [0.25, 0.3) is 0 Å². The van der Waals surface area contributed by atoms with Gasteiger partial charge in [-0.15, -0.1) is 0 Å². The minimum absolute atomic E-state index is 0.187. The van der Waals surface area contributed by atoms with E-state index in [1.807, 2.05) is 19.9 Å². The Labute approximate surface area is 90.2 Å². The predicted molar refractivity (Wildman–Crippen MR) is 56.0 cm³/mol. The summed E-state index contributed by atoms with van der Waals surface area (Å²) in [6.45, 7) is 4.24. The van der Waals surface area contributed by atoms with Crippen LogP contribution in [0.4, 0.5) is 0 Å². The maximum Gasteiger partial charge on any atom is 0.372 e. The summed E-state index contributed by atoms with van der Waals surface area (Å²) in [7, 11) is 0. The lowest BCUT2D eigenvalue weighted by Crippen LogP contribution is -2.09. The number of rotatable bonds is 7. The van der Waals surface area contributed by atoms with Crippen LogP contribution in [-0.2, 0) is 9.53 Å². The first-order valence-corrected chi connectivity index (χ1v) is 5.16. The van der Waals surface area contributed by atoms with Crippen LogP contribution >= 0.6 is 0 Å². The Bertz CT molecular complexity index is 276. The van der Waals surface area contributed by atoms with E-state index in [9.17, 15) is 4.79 Å². The number of carboxylic acids is 1. The average molecular weight is 211 g/mol. The molecule has 0 atom stereocenters. The summed E-state index contributed by atoms with van der Waals surface area (Å²) in [6.07, 6.45) is 2.91. The summed E-state index contributed by atoms with van der Waals surface area (Å²) in [5.74, 6) is -1.34. The average Bonchev–Trinajstić information content (AvgIpc) is 2.21. The van der Waals surface area contributed by atoms with Gasteiger partial charge in [-0.25, -0.2) is 4.79 Å². The van der Waals surface area contributed by atoms with Gasteiger partial charge in [-0.05, 0) is 12.8 Å². The molecule has 15 heavy (non-hydrogen) atoms. The van der Waals surface area contributed by atoms with E-state index in [4.69, 9.17) is 15.1 Å². The Morgan fingerprint density at radius 2 is 2.07 bits per heavy atom. The summed E-state index contributed by atoms with van der Waals surface area (Å²) < 4.78 is 5.11. The van der Waals surface area contributed by atoms with Gasteiger partial charge in [0, 0.05) is 0 Å². The van der Waals surface area contributed by atoms with Crippen molar-refractivity contribution in [3.63, 3.8) is 0 Å². The predicted octanol–water partition coefficient (Wildman–Crippen LogP) is 2.47. The highest BCUT2D eigenvalue weighted by Gasteiger charge is 2.15. The van der Waals surface area contributed by atoms with Gasteiger partial charge in [0.2, 0.25) is 5.76 Å². The molecule has 0 bridgehead atoms. The first-order valence-electron chi connectivity index (χ1n) is 5.16. The van der Waals surface area contributed by atoms with Gasteiger partial charge >= 0.3 is 5.97 Å². The lowest BCUT2D eigenvalue weighted by molar-refractivity contribution is -0.136. The molecule has 0 heterocycles. The summed E-state index contributed by atoms with van der Waals surface area (Å²) >= 11 is 0. The largest absolute Gasteiger partial charge is 0.486 e. The van der Waals surface area contributed by atoms with Crippen molar-refractivity contribution in [2.24, 2.45) is 0 Å². The van der Waals surface area contributed by atoms with Crippen LogP contribution in [0.15, 0.2) is 11.3 Å². The number of ether oxygens (including phenoxy) is 1. The number of aliphatic carboxylic acids is 1. The molecule has 0 aliphatic carbocycles. The lowest BCUT2D eigenvalue weighted by atomic mass is 10.1. The van der Waals surface area contributed by atoms with E-state index in [2.05, 4.69) is 0 Å². The zero-order chi connectivity index (χ0) is 11.7. The normalized spacial score (nSPS) is 11.5. The van der Waals surface area contributed by atoms with Crippen molar-refractivity contribution >= 4 is 5.97 Å². The van der Waals surface area contributed by atoms with Crippen molar-refractivity contribution in [2.75, 3.05) is 6.61 Å². The Morgan fingerprint density at radius 3 is 2.47 bits per heavy atom. The molecule has 0 rings (SSSR count). The van der Waals surface area contributed by atoms with Crippen LogP contribution < -0.4 is 0 Å². The molecule has 0 aromatic carbocycles. The monoisotopic (exact) mass is 211 g/mol. The smallest absolute Gasteiger partial charge is 0.372 e. The summed E-state index contributed by atoms with van der Waals surface area (Å²) in [4.78, 5) is 10.8. The Hall–Kier alpha value is -1.50. The first kappa shape index (κ1) is 13.5. The number of unbranched alkanes of at least 4 members (excludes halogenated alkanes) is 1. The van der Waals surface area contributed by atoms with E-state index >= 15 is 0 Å². The first-order chi connectivity index (χ1) is 7.17. The topological polar surface area (TPSA) is 70.3 Å². The second-order valence-electron chi connectivity index (χ2n) is 3.18. The van der Waals surface area contributed by atoms with Crippen molar-refractivity contribution in [3.05, 3.63) is 11.3 Å². The number of carbonyl (C=O) groups is 1. The van der Waals surface area contributed by atoms with E-state index in [-0.39, 0.29) is 11.3 Å². The SMILES string of the molecule is CCCCO/C(C(=O)O)=C(\C#N)CCC. The van der Waals surface area contributed by atoms with Gasteiger partial charge in [-0.2, -0.15) is 5.26 Å². The highest BCUT2D eigenvalue weighted by Crippen LogP contribution is 2.12. The van der Waals surface area contributed by atoms with Crippen LogP contribution in [0.1, 0.15) is 39.5 Å². The number of hydrogen-bond donors (Lipinski definition) is 1. The molecule has 0 saturated heterocycles. The molecule has 0 unspecified atom stereocenters. The zero-order valence-corrected chi connectivity index (χ0v) is 9.25. The third-order valence-corrected chi connectivity index (χ3v) is 1.85. The van der Waals surface area contributed by atoms with Crippen molar-refractivity contribution < 1.29 is 14.6 Å². The minimum Gasteiger partial charge on any atom is -0.486 e. The van der Waals surface area contributed by atoms with Gasteiger partial charge < -0.3 is 9.84 Å². The molecule has 0 aromatic rings. The maximum absolute atomic E-state index is 10.8. The fraction of sp³-hybridized carbons (Fsp3) is 0.636. The molecule has 4 nitrogen and oxygen atoms in total. The molecule has 0 aliphatic heterocycles. The highest BCUT2D eigenvalue weighted by atomic mass is 16.5. The van der Waals surface area contributed by atoms with Crippen molar-refractivity contribution in [2.45, 2.75) is 39.5 Å². The standard InChI is InChI=1S/C11H17NO3/c1-3-5-7-15-10(11(13)14)9(8-12)6-4-2/h3-7H2,1-2H3,(H,13,14)/b10-9-. The van der Waals surface area contributed by atoms with E-state index in [1.54, 1.807) is 0 Å². The maximum atomic E-state index is 10.8. The third-order valence-electron chi connectivity index (χ3n) is 1.85. The van der Waals surface area contributed by atoms with Crippen LogP contribution in [0.25, 0.3) is 0 Å². The highest BCUT2D eigenvalue weighted by molar-refractivity contribution is 5.86. The molecule has 0 radical (unpaired) electrons. The number of nitriles is 1. The molecular weight excluding hydrogens is 194 g/mol.